The Morgan fingerprint density at radius 3 is 2.70 bits per heavy atom. The summed E-state index contributed by atoms with van der Waals surface area (Å²) in [6, 6.07) is 0. The highest BCUT2D eigenvalue weighted by Crippen LogP contribution is 2.00. The largest absolute Gasteiger partial charge is 0.339 e. The molecule has 0 fully saturated rings. The third-order valence-electron chi connectivity index (χ3n) is 1.62. The minimum atomic E-state index is -0.0714. The van der Waals surface area contributed by atoms with Gasteiger partial charge in [-0.15, -0.1) is 0 Å². The molecule has 1 nitrogen and oxygen atoms in total. The van der Waals surface area contributed by atoms with E-state index in [4.69, 9.17) is 0 Å². The molecule has 0 aromatic heterocycles. The molecule has 0 heterocycles. The fourth-order valence-corrected chi connectivity index (χ4v) is 1.72. The highest BCUT2D eigenvalue weighted by molar-refractivity contribution is 6.38. The average Bonchev–Trinajstić information content (AvgIpc) is 1.98. The lowest BCUT2D eigenvalue weighted by Crippen LogP contribution is -2.16. The zero-order chi connectivity index (χ0) is 7.82. The van der Waals surface area contributed by atoms with E-state index in [9.17, 15) is 0 Å². The first-order valence-electron chi connectivity index (χ1n) is 4.18. The molecular weight excluding hydrogens is 138 g/mol. The third kappa shape index (κ3) is 6.04. The minimum absolute atomic E-state index is 0.0714. The van der Waals surface area contributed by atoms with Gasteiger partial charge in [-0.3, -0.25) is 0 Å². The van der Waals surface area contributed by atoms with E-state index < -0.39 is 0 Å². The SMILES string of the molecule is CCN[SiH2]C=CC(C)CC. The van der Waals surface area contributed by atoms with Crippen molar-refractivity contribution in [2.24, 2.45) is 5.92 Å². The second kappa shape index (κ2) is 7.03. The maximum atomic E-state index is 3.38. The number of nitrogens with one attached hydrogen (secondary N) is 1. The van der Waals surface area contributed by atoms with E-state index in [1.54, 1.807) is 0 Å². The summed E-state index contributed by atoms with van der Waals surface area (Å²) in [6.07, 6.45) is 3.59. The van der Waals surface area contributed by atoms with Gasteiger partial charge in [0.15, 0.2) is 0 Å². The number of hydrogen-bond acceptors (Lipinski definition) is 1. The van der Waals surface area contributed by atoms with Crippen LogP contribution in [0.25, 0.3) is 0 Å². The Labute approximate surface area is 66.8 Å². The Bertz CT molecular complexity index is 91.3. The first-order valence-corrected chi connectivity index (χ1v) is 5.71. The molecule has 0 spiro atoms. The van der Waals surface area contributed by atoms with E-state index in [0.29, 0.717) is 0 Å². The molecule has 2 heteroatoms. The normalized spacial score (nSPS) is 15.5. The zero-order valence-electron chi connectivity index (χ0n) is 7.35. The van der Waals surface area contributed by atoms with Gasteiger partial charge >= 0.3 is 0 Å². The predicted octanol–water partition coefficient (Wildman–Crippen LogP) is 1.24. The second-order valence-electron chi connectivity index (χ2n) is 2.62. The lowest BCUT2D eigenvalue weighted by Gasteiger charge is -1.98. The van der Waals surface area contributed by atoms with Crippen molar-refractivity contribution < 1.29 is 0 Å². The van der Waals surface area contributed by atoms with Gasteiger partial charge in [0.25, 0.3) is 0 Å². The summed E-state index contributed by atoms with van der Waals surface area (Å²) < 4.78 is 0. The van der Waals surface area contributed by atoms with Crippen LogP contribution in [0.2, 0.25) is 0 Å². The molecule has 0 aromatic carbocycles. The number of allylic oxidation sites excluding steroid dienone is 1. The molecule has 0 aliphatic rings. The predicted molar refractivity (Wildman–Crippen MR) is 50.8 cm³/mol. The second-order valence-corrected chi connectivity index (χ2v) is 4.00. The molecule has 10 heavy (non-hydrogen) atoms. The van der Waals surface area contributed by atoms with Gasteiger partial charge in [-0.1, -0.05) is 39.0 Å². The van der Waals surface area contributed by atoms with E-state index in [0.717, 1.165) is 12.5 Å². The highest BCUT2D eigenvalue weighted by atomic mass is 28.2. The topological polar surface area (TPSA) is 12.0 Å². The van der Waals surface area contributed by atoms with Crippen molar-refractivity contribution in [3.63, 3.8) is 0 Å². The Morgan fingerprint density at radius 1 is 1.50 bits per heavy atom. The molecule has 60 valence electrons. The molecule has 1 unspecified atom stereocenters. The smallest absolute Gasteiger partial charge is 0.116 e. The molecule has 0 rings (SSSR count). The van der Waals surface area contributed by atoms with Crippen molar-refractivity contribution >= 4 is 9.68 Å². The number of hydrogen-bond donors (Lipinski definition) is 1. The summed E-state index contributed by atoms with van der Waals surface area (Å²) in [7, 11) is -0.0714. The van der Waals surface area contributed by atoms with Crippen molar-refractivity contribution in [1.29, 1.82) is 0 Å². The van der Waals surface area contributed by atoms with Crippen LogP contribution in [0.1, 0.15) is 27.2 Å². The van der Waals surface area contributed by atoms with Gasteiger partial charge in [0.1, 0.15) is 9.68 Å². The van der Waals surface area contributed by atoms with Crippen LogP contribution in [0.15, 0.2) is 11.8 Å². The van der Waals surface area contributed by atoms with E-state index in [1.165, 1.54) is 6.42 Å². The van der Waals surface area contributed by atoms with Gasteiger partial charge in [0.05, 0.1) is 0 Å². The van der Waals surface area contributed by atoms with Crippen LogP contribution in [0.4, 0.5) is 0 Å². The first-order chi connectivity index (χ1) is 4.81. The molecule has 0 saturated carbocycles. The molecule has 0 saturated heterocycles. The van der Waals surface area contributed by atoms with Crippen LogP contribution >= 0.6 is 0 Å². The van der Waals surface area contributed by atoms with Gasteiger partial charge in [0.2, 0.25) is 0 Å². The molecule has 1 N–H and O–H groups in total. The molecule has 0 aromatic rings. The molecule has 0 bridgehead atoms. The summed E-state index contributed by atoms with van der Waals surface area (Å²) in [4.78, 5) is 3.38. The molecule has 0 amide bonds. The maximum Gasteiger partial charge on any atom is 0.116 e. The van der Waals surface area contributed by atoms with Gasteiger partial charge in [-0.2, -0.15) is 0 Å². The number of rotatable bonds is 5. The van der Waals surface area contributed by atoms with E-state index in [-0.39, 0.29) is 9.68 Å². The minimum Gasteiger partial charge on any atom is -0.339 e. The van der Waals surface area contributed by atoms with Crippen molar-refractivity contribution in [2.75, 3.05) is 6.54 Å². The Kier molecular flexibility index (Phi) is 6.97. The fraction of sp³-hybridized carbons (Fsp3) is 0.750. The van der Waals surface area contributed by atoms with Crippen LogP contribution in [-0.4, -0.2) is 16.2 Å². The average molecular weight is 157 g/mol. The first kappa shape index (κ1) is 9.92. The van der Waals surface area contributed by atoms with Crippen LogP contribution < -0.4 is 4.98 Å². The molecule has 1 atom stereocenters. The quantitative estimate of drug-likeness (QED) is 0.468. The standard InChI is InChI=1S/C8H19NSi/c1-4-8(3)6-7-10-9-5-2/h6-9H,4-5,10H2,1-3H3. The summed E-state index contributed by atoms with van der Waals surface area (Å²) in [5.74, 6) is 0.770. The van der Waals surface area contributed by atoms with Crippen molar-refractivity contribution in [2.45, 2.75) is 27.2 Å². The molecule has 0 aliphatic carbocycles. The fourth-order valence-electron chi connectivity index (χ4n) is 0.664. The summed E-state index contributed by atoms with van der Waals surface area (Å²) >= 11 is 0. The lowest BCUT2D eigenvalue weighted by atomic mass is 10.1. The lowest BCUT2D eigenvalue weighted by molar-refractivity contribution is 0.699. The Balaban J connectivity index is 3.18. The van der Waals surface area contributed by atoms with Gasteiger partial charge in [-0.05, 0) is 12.5 Å². The summed E-state index contributed by atoms with van der Waals surface area (Å²) in [5.41, 5.74) is 2.34. The van der Waals surface area contributed by atoms with Crippen LogP contribution in [0, 0.1) is 5.92 Å². The molecule has 0 radical (unpaired) electrons. The maximum absolute atomic E-state index is 3.38. The van der Waals surface area contributed by atoms with Crippen LogP contribution in [0.5, 0.6) is 0 Å². The third-order valence-corrected chi connectivity index (χ3v) is 2.92. The monoisotopic (exact) mass is 157 g/mol. The van der Waals surface area contributed by atoms with Gasteiger partial charge < -0.3 is 4.98 Å². The van der Waals surface area contributed by atoms with Crippen molar-refractivity contribution in [1.82, 2.24) is 4.98 Å². The van der Waals surface area contributed by atoms with E-state index >= 15 is 0 Å². The van der Waals surface area contributed by atoms with E-state index in [1.807, 2.05) is 0 Å². The van der Waals surface area contributed by atoms with Gasteiger partial charge in [0, 0.05) is 0 Å². The van der Waals surface area contributed by atoms with Crippen molar-refractivity contribution in [3.05, 3.63) is 11.8 Å². The zero-order valence-corrected chi connectivity index (χ0v) is 8.77. The van der Waals surface area contributed by atoms with E-state index in [2.05, 4.69) is 37.5 Å². The highest BCUT2D eigenvalue weighted by Gasteiger charge is 1.88. The Morgan fingerprint density at radius 2 is 2.20 bits per heavy atom. The summed E-state index contributed by atoms with van der Waals surface area (Å²) in [5, 5.41) is 0. The molecular formula is C8H19NSi. The van der Waals surface area contributed by atoms with Gasteiger partial charge in [-0.25, -0.2) is 0 Å². The molecule has 0 aliphatic heterocycles. The van der Waals surface area contributed by atoms with Crippen LogP contribution in [0.3, 0.4) is 0 Å². The Hall–Kier alpha value is -0.0831. The summed E-state index contributed by atoms with van der Waals surface area (Å²) in [6.45, 7) is 7.77. The van der Waals surface area contributed by atoms with Crippen molar-refractivity contribution in [3.8, 4) is 0 Å². The van der Waals surface area contributed by atoms with Crippen LogP contribution in [-0.2, 0) is 0 Å².